The maximum absolute atomic E-state index is 12.6. The summed E-state index contributed by atoms with van der Waals surface area (Å²) in [5, 5.41) is 5.07. The molecule has 150 valence electrons. The highest BCUT2D eigenvalue weighted by molar-refractivity contribution is 8.01. The average molecular weight is 425 g/mol. The summed E-state index contributed by atoms with van der Waals surface area (Å²) in [7, 11) is 0. The second kappa shape index (κ2) is 9.43. The second-order valence-corrected chi connectivity index (χ2v) is 9.24. The number of nitrogens with one attached hydrogen (secondary N) is 1. The summed E-state index contributed by atoms with van der Waals surface area (Å²) in [6.07, 6.45) is 0. The number of hydrogen-bond acceptors (Lipinski definition) is 5. The summed E-state index contributed by atoms with van der Waals surface area (Å²) in [5.41, 5.74) is 3.18. The molecule has 4 rings (SSSR count). The molecule has 2 heterocycles. The van der Waals surface area contributed by atoms with Crippen molar-refractivity contribution < 1.29 is 4.79 Å². The van der Waals surface area contributed by atoms with Crippen LogP contribution in [0.15, 0.2) is 69.2 Å². The highest BCUT2D eigenvalue weighted by atomic mass is 32.2. The van der Waals surface area contributed by atoms with E-state index in [1.807, 2.05) is 42.2 Å². The predicted octanol–water partition coefficient (Wildman–Crippen LogP) is 4.95. The van der Waals surface area contributed by atoms with E-state index in [-0.39, 0.29) is 6.03 Å². The lowest BCUT2D eigenvalue weighted by atomic mass is 10.2. The van der Waals surface area contributed by atoms with E-state index in [1.54, 1.807) is 23.1 Å². The number of carbonyl (C=O) groups excluding carboxylic acids is 1. The van der Waals surface area contributed by atoms with Gasteiger partial charge in [0.05, 0.1) is 0 Å². The quantitative estimate of drug-likeness (QED) is 0.629. The third-order valence-corrected chi connectivity index (χ3v) is 6.88. The van der Waals surface area contributed by atoms with Gasteiger partial charge in [-0.15, -0.1) is 11.3 Å². The second-order valence-electron chi connectivity index (χ2n) is 7.06. The standard InChI is InChI=1S/C22H24N4OS2/c1-17-16-28-22(23-17)29-20-9-7-19(8-10-20)24-21(27)26-13-11-25(12-14-26)15-18-5-3-2-4-6-18/h2-10,16H,11-15H2,1H3,(H,24,27). The first-order valence-electron chi connectivity index (χ1n) is 9.68. The predicted molar refractivity (Wildman–Crippen MR) is 120 cm³/mol. The topological polar surface area (TPSA) is 48.5 Å². The third-order valence-electron chi connectivity index (χ3n) is 4.82. The lowest BCUT2D eigenvalue weighted by Gasteiger charge is -2.34. The Bertz CT molecular complexity index is 935. The zero-order valence-corrected chi connectivity index (χ0v) is 18.0. The van der Waals surface area contributed by atoms with Gasteiger partial charge in [0.25, 0.3) is 0 Å². The molecule has 1 N–H and O–H groups in total. The third kappa shape index (κ3) is 5.59. The number of amides is 2. The van der Waals surface area contributed by atoms with Crippen LogP contribution < -0.4 is 5.32 Å². The fraction of sp³-hybridized carbons (Fsp3) is 0.273. The first-order valence-corrected chi connectivity index (χ1v) is 11.4. The van der Waals surface area contributed by atoms with Gasteiger partial charge in [-0.25, -0.2) is 9.78 Å². The number of hydrogen-bond donors (Lipinski definition) is 1. The number of anilines is 1. The average Bonchev–Trinajstić information content (AvgIpc) is 3.15. The minimum Gasteiger partial charge on any atom is -0.322 e. The smallest absolute Gasteiger partial charge is 0.321 e. The van der Waals surface area contributed by atoms with E-state index in [2.05, 4.69) is 44.8 Å². The Morgan fingerprint density at radius 3 is 2.45 bits per heavy atom. The monoisotopic (exact) mass is 424 g/mol. The van der Waals surface area contributed by atoms with Gasteiger partial charge < -0.3 is 10.2 Å². The Morgan fingerprint density at radius 2 is 1.79 bits per heavy atom. The van der Waals surface area contributed by atoms with Crippen LogP contribution in [-0.2, 0) is 6.54 Å². The molecule has 3 aromatic rings. The number of thiazole rings is 1. The number of aryl methyl sites for hydroxylation is 1. The molecule has 0 radical (unpaired) electrons. The van der Waals surface area contributed by atoms with Crippen molar-refractivity contribution >= 4 is 34.8 Å². The van der Waals surface area contributed by atoms with Crippen LogP contribution in [0.1, 0.15) is 11.3 Å². The summed E-state index contributed by atoms with van der Waals surface area (Å²) in [4.78, 5) is 22.5. The molecule has 0 bridgehead atoms. The lowest BCUT2D eigenvalue weighted by Crippen LogP contribution is -2.49. The minimum absolute atomic E-state index is 0.0275. The van der Waals surface area contributed by atoms with Gasteiger partial charge in [-0.05, 0) is 36.8 Å². The molecule has 0 aliphatic carbocycles. The van der Waals surface area contributed by atoms with Crippen molar-refractivity contribution in [2.75, 3.05) is 31.5 Å². The molecular weight excluding hydrogens is 400 g/mol. The van der Waals surface area contributed by atoms with E-state index >= 15 is 0 Å². The molecule has 0 unspecified atom stereocenters. The number of piperazine rings is 1. The van der Waals surface area contributed by atoms with Gasteiger partial charge >= 0.3 is 6.03 Å². The lowest BCUT2D eigenvalue weighted by molar-refractivity contribution is 0.143. The van der Waals surface area contributed by atoms with Crippen LogP contribution in [-0.4, -0.2) is 47.0 Å². The van der Waals surface area contributed by atoms with Crippen LogP contribution in [0, 0.1) is 6.92 Å². The molecule has 1 fully saturated rings. The van der Waals surface area contributed by atoms with Crippen LogP contribution in [0.25, 0.3) is 0 Å². The van der Waals surface area contributed by atoms with Crippen molar-refractivity contribution in [2.45, 2.75) is 22.7 Å². The largest absolute Gasteiger partial charge is 0.322 e. The van der Waals surface area contributed by atoms with Crippen molar-refractivity contribution in [3.8, 4) is 0 Å². The SMILES string of the molecule is Cc1csc(Sc2ccc(NC(=O)N3CCN(Cc4ccccc4)CC3)cc2)n1. The van der Waals surface area contributed by atoms with Crippen molar-refractivity contribution in [2.24, 2.45) is 0 Å². The zero-order valence-electron chi connectivity index (χ0n) is 16.4. The fourth-order valence-corrected chi connectivity index (χ4v) is 5.05. The van der Waals surface area contributed by atoms with Crippen LogP contribution in [0.2, 0.25) is 0 Å². The summed E-state index contributed by atoms with van der Waals surface area (Å²) < 4.78 is 1.03. The summed E-state index contributed by atoms with van der Waals surface area (Å²) in [6.45, 7) is 6.22. The molecular formula is C22H24N4OS2. The molecule has 1 aromatic heterocycles. The first kappa shape index (κ1) is 19.9. The van der Waals surface area contributed by atoms with Gasteiger partial charge in [-0.1, -0.05) is 42.1 Å². The molecule has 0 atom stereocenters. The van der Waals surface area contributed by atoms with E-state index < -0.39 is 0 Å². The summed E-state index contributed by atoms with van der Waals surface area (Å²) in [5.74, 6) is 0. The Kier molecular flexibility index (Phi) is 6.49. The maximum Gasteiger partial charge on any atom is 0.321 e. The molecule has 5 nitrogen and oxygen atoms in total. The molecule has 2 aromatic carbocycles. The Balaban J connectivity index is 1.25. The molecule has 1 aliphatic rings. The minimum atomic E-state index is -0.0275. The number of nitrogens with zero attached hydrogens (tertiary/aromatic N) is 3. The van der Waals surface area contributed by atoms with Crippen LogP contribution >= 0.6 is 23.1 Å². The van der Waals surface area contributed by atoms with Crippen molar-refractivity contribution in [3.63, 3.8) is 0 Å². The van der Waals surface area contributed by atoms with E-state index in [4.69, 9.17) is 0 Å². The van der Waals surface area contributed by atoms with Crippen molar-refractivity contribution in [3.05, 3.63) is 71.2 Å². The van der Waals surface area contributed by atoms with Crippen molar-refractivity contribution in [1.29, 1.82) is 0 Å². The van der Waals surface area contributed by atoms with E-state index in [0.29, 0.717) is 0 Å². The molecule has 0 spiro atoms. The molecule has 7 heteroatoms. The highest BCUT2D eigenvalue weighted by Gasteiger charge is 2.21. The van der Waals surface area contributed by atoms with Gasteiger partial charge in [0.2, 0.25) is 0 Å². The fourth-order valence-electron chi connectivity index (χ4n) is 3.24. The normalized spacial score (nSPS) is 14.7. The van der Waals surface area contributed by atoms with Gasteiger partial charge in [-0.3, -0.25) is 4.90 Å². The molecule has 2 amide bonds. The van der Waals surface area contributed by atoms with E-state index in [9.17, 15) is 4.79 Å². The van der Waals surface area contributed by atoms with Crippen LogP contribution in [0.5, 0.6) is 0 Å². The van der Waals surface area contributed by atoms with Gasteiger partial charge in [0, 0.05) is 54.4 Å². The molecule has 0 saturated carbocycles. The van der Waals surface area contributed by atoms with E-state index in [1.165, 1.54) is 5.56 Å². The Morgan fingerprint density at radius 1 is 1.07 bits per heavy atom. The summed E-state index contributed by atoms with van der Waals surface area (Å²) >= 11 is 3.29. The van der Waals surface area contributed by atoms with Crippen molar-refractivity contribution in [1.82, 2.24) is 14.8 Å². The number of benzene rings is 2. The molecule has 1 aliphatic heterocycles. The van der Waals surface area contributed by atoms with Gasteiger partial charge in [0.1, 0.15) is 0 Å². The highest BCUT2D eigenvalue weighted by Crippen LogP contribution is 2.30. The first-order chi connectivity index (χ1) is 14.2. The number of rotatable bonds is 5. The Labute approximate surface area is 179 Å². The zero-order chi connectivity index (χ0) is 20.1. The summed E-state index contributed by atoms with van der Waals surface area (Å²) in [6, 6.07) is 18.4. The molecule has 29 heavy (non-hydrogen) atoms. The van der Waals surface area contributed by atoms with Gasteiger partial charge in [0.15, 0.2) is 4.34 Å². The number of carbonyl (C=O) groups is 1. The van der Waals surface area contributed by atoms with Gasteiger partial charge in [-0.2, -0.15) is 0 Å². The molecule has 1 saturated heterocycles. The van der Waals surface area contributed by atoms with Crippen LogP contribution in [0.4, 0.5) is 10.5 Å². The number of urea groups is 1. The van der Waals surface area contributed by atoms with Crippen LogP contribution in [0.3, 0.4) is 0 Å². The number of aromatic nitrogens is 1. The Hall–Kier alpha value is -2.35. The van der Waals surface area contributed by atoms with E-state index in [0.717, 1.165) is 53.3 Å². The maximum atomic E-state index is 12.6.